The quantitative estimate of drug-likeness (QED) is 0.135. The van der Waals surface area contributed by atoms with Gasteiger partial charge in [-0.05, 0) is 188 Å². The van der Waals surface area contributed by atoms with Crippen LogP contribution in [0.3, 0.4) is 0 Å². The van der Waals surface area contributed by atoms with Gasteiger partial charge in [0, 0.05) is 49.6 Å². The van der Waals surface area contributed by atoms with Crippen LogP contribution in [0, 0.1) is 0 Å². The maximum Gasteiger partial charge on any atom is 0.252 e. The standard InChI is InChI=1S/C97H82BN5/c1-94(2,3)72-55-76(96(7,8)9)86-80(57-72)102-82-53-71(93-100-91(69-49-65(59-31-19-13-20-32-59)47-66(50-69)60-33-21-14-22-34-60)99-92(101-93)70-51-67(61-35-23-15-24-36-61)48-68(52-70)62-37-25-16-26-38-62)54-83-88(82)98(78-45-43-74(84(86)89(78)102)63-39-27-17-28-40-63)79-46-44-75(64-41-29-18-30-42-64)85-87-77(97(10,11)12)56-73(95(4,5)6)58-81(87)103(83)90(79)85/h13-58H,1-12H3. The molecule has 0 saturated carbocycles. The third kappa shape index (κ3) is 10.6. The highest BCUT2D eigenvalue weighted by atomic mass is 15.1. The number of fused-ring (bicyclic) bond motifs is 10. The van der Waals surface area contributed by atoms with Crippen molar-refractivity contribution < 1.29 is 0 Å². The van der Waals surface area contributed by atoms with Crippen LogP contribution in [-0.4, -0.2) is 30.8 Å². The number of aromatic nitrogens is 5. The van der Waals surface area contributed by atoms with Gasteiger partial charge >= 0.3 is 0 Å². The van der Waals surface area contributed by atoms with Crippen molar-refractivity contribution in [1.82, 2.24) is 24.1 Å². The van der Waals surface area contributed by atoms with Crippen molar-refractivity contribution in [3.8, 4) is 112 Å². The smallest absolute Gasteiger partial charge is 0.252 e. The lowest BCUT2D eigenvalue weighted by atomic mass is 9.34. The molecule has 0 bridgehead atoms. The number of hydrogen-bond acceptors (Lipinski definition) is 3. The van der Waals surface area contributed by atoms with Crippen molar-refractivity contribution in [1.29, 1.82) is 0 Å². The third-order valence-electron chi connectivity index (χ3n) is 21.8. The summed E-state index contributed by atoms with van der Waals surface area (Å²) >= 11 is 0. The van der Waals surface area contributed by atoms with Crippen LogP contribution in [0.15, 0.2) is 279 Å². The van der Waals surface area contributed by atoms with Crippen LogP contribution in [0.1, 0.15) is 105 Å². The Morgan fingerprint density at radius 3 is 0.825 bits per heavy atom. The van der Waals surface area contributed by atoms with Crippen molar-refractivity contribution >= 4 is 66.7 Å². The molecule has 6 heteroatoms. The molecule has 5 nitrogen and oxygen atoms in total. The molecule has 3 aromatic heterocycles. The van der Waals surface area contributed by atoms with Crippen LogP contribution in [0.5, 0.6) is 0 Å². The Morgan fingerprint density at radius 2 is 0.534 bits per heavy atom. The van der Waals surface area contributed by atoms with E-state index in [0.717, 1.165) is 72.6 Å². The maximum absolute atomic E-state index is 5.93. The fourth-order valence-corrected chi connectivity index (χ4v) is 16.7. The summed E-state index contributed by atoms with van der Waals surface area (Å²) in [6, 6.07) is 104. The molecule has 0 amide bonds. The lowest BCUT2D eigenvalue weighted by Crippen LogP contribution is -2.59. The molecule has 103 heavy (non-hydrogen) atoms. The number of hydrogen-bond donors (Lipinski definition) is 0. The average Bonchev–Trinajstić information content (AvgIpc) is 1.53. The van der Waals surface area contributed by atoms with E-state index in [0.29, 0.717) is 17.5 Å². The summed E-state index contributed by atoms with van der Waals surface area (Å²) in [5.41, 5.74) is 31.6. The molecular weight excluding hydrogens is 1250 g/mol. The largest absolute Gasteiger partial charge is 0.310 e. The highest BCUT2D eigenvalue weighted by molar-refractivity contribution is 7.00. The molecule has 2 aliphatic rings. The zero-order valence-corrected chi connectivity index (χ0v) is 60.9. The predicted octanol–water partition coefficient (Wildman–Crippen LogP) is 23.4. The van der Waals surface area contributed by atoms with Crippen LogP contribution in [-0.2, 0) is 21.7 Å². The molecule has 2 aliphatic heterocycles. The molecule has 5 heterocycles. The van der Waals surface area contributed by atoms with Gasteiger partial charge in [0.1, 0.15) is 0 Å². The summed E-state index contributed by atoms with van der Waals surface area (Å²) in [7, 11) is 0. The Morgan fingerprint density at radius 1 is 0.252 bits per heavy atom. The molecule has 18 rings (SSSR count). The highest BCUT2D eigenvalue weighted by Crippen LogP contribution is 2.51. The summed E-state index contributed by atoms with van der Waals surface area (Å²) in [5.74, 6) is 1.74. The molecule has 13 aromatic carbocycles. The minimum Gasteiger partial charge on any atom is -0.310 e. The van der Waals surface area contributed by atoms with Gasteiger partial charge in [0.25, 0.3) is 6.71 Å². The molecule has 0 N–H and O–H groups in total. The van der Waals surface area contributed by atoms with Gasteiger partial charge in [-0.3, -0.25) is 0 Å². The first-order valence-electron chi connectivity index (χ1n) is 36.5. The van der Waals surface area contributed by atoms with Crippen molar-refractivity contribution in [2.75, 3.05) is 0 Å². The van der Waals surface area contributed by atoms with Gasteiger partial charge in [-0.15, -0.1) is 0 Å². The maximum atomic E-state index is 5.93. The Bertz CT molecular complexity index is 5620. The van der Waals surface area contributed by atoms with E-state index < -0.39 is 0 Å². The van der Waals surface area contributed by atoms with E-state index in [9.17, 15) is 0 Å². The molecule has 0 aliphatic carbocycles. The fraction of sp³-hybridized carbons (Fsp3) is 0.165. The van der Waals surface area contributed by atoms with Gasteiger partial charge in [-0.1, -0.05) is 301 Å². The molecule has 0 fully saturated rings. The monoisotopic (exact) mass is 1330 g/mol. The van der Waals surface area contributed by atoms with Gasteiger partial charge in [0.2, 0.25) is 0 Å². The van der Waals surface area contributed by atoms with Crippen molar-refractivity contribution in [2.45, 2.75) is 105 Å². The van der Waals surface area contributed by atoms with Gasteiger partial charge in [-0.25, -0.2) is 15.0 Å². The summed E-state index contributed by atoms with van der Waals surface area (Å²) in [5, 5.41) is 5.13. The Hall–Kier alpha value is -11.5. The summed E-state index contributed by atoms with van der Waals surface area (Å²) in [6.07, 6.45) is 0. The van der Waals surface area contributed by atoms with Gasteiger partial charge in [0.05, 0.1) is 22.1 Å². The Balaban J connectivity index is 1.04. The zero-order valence-electron chi connectivity index (χ0n) is 60.9. The van der Waals surface area contributed by atoms with Crippen molar-refractivity contribution in [2.24, 2.45) is 0 Å². The van der Waals surface area contributed by atoms with E-state index in [2.05, 4.69) is 371 Å². The van der Waals surface area contributed by atoms with Crippen LogP contribution in [0.2, 0.25) is 0 Å². The van der Waals surface area contributed by atoms with E-state index in [1.165, 1.54) is 105 Å². The second-order valence-electron chi connectivity index (χ2n) is 32.8. The predicted molar refractivity (Wildman–Crippen MR) is 437 cm³/mol. The first kappa shape index (κ1) is 63.7. The average molecular weight is 1330 g/mol. The third-order valence-corrected chi connectivity index (χ3v) is 21.8. The highest BCUT2D eigenvalue weighted by Gasteiger charge is 2.44. The second-order valence-corrected chi connectivity index (χ2v) is 32.8. The minimum absolute atomic E-state index is 0.175. The summed E-state index contributed by atoms with van der Waals surface area (Å²) in [6.45, 7) is 28.4. The van der Waals surface area contributed by atoms with Crippen molar-refractivity contribution in [3.63, 3.8) is 0 Å². The van der Waals surface area contributed by atoms with Crippen LogP contribution >= 0.6 is 0 Å². The molecule has 16 aromatic rings. The second kappa shape index (κ2) is 23.6. The number of rotatable bonds is 9. The van der Waals surface area contributed by atoms with Crippen LogP contribution < -0.4 is 16.4 Å². The van der Waals surface area contributed by atoms with Crippen LogP contribution in [0.25, 0.3) is 156 Å². The lowest BCUT2D eigenvalue weighted by Gasteiger charge is -2.34. The molecular formula is C97H82BN5. The van der Waals surface area contributed by atoms with E-state index in [1.807, 2.05) is 0 Å². The SMILES string of the molecule is CC(C)(C)c1cc(C(C)(C)C)c2c3c(-c4ccccc4)ccc4c3n(c2c1)-c1cc(-c2nc(-c3cc(-c5ccccc5)cc(-c5ccccc5)c3)nc(-c3cc(-c5ccccc5)cc(-c5ccccc5)c3)n2)cc2c1B4c1ccc(-c3ccccc3)c3c4c(C(C)(C)C)cc(C(C)(C)C)cc4n-2c13. The molecule has 0 saturated heterocycles. The molecule has 0 unspecified atom stereocenters. The molecule has 0 spiro atoms. The zero-order chi connectivity index (χ0) is 70.6. The first-order valence-corrected chi connectivity index (χ1v) is 36.5. The lowest BCUT2D eigenvalue weighted by molar-refractivity contribution is 0.572. The van der Waals surface area contributed by atoms with E-state index in [-0.39, 0.29) is 28.4 Å². The van der Waals surface area contributed by atoms with Crippen LogP contribution in [0.4, 0.5) is 0 Å². The molecule has 0 atom stereocenters. The van der Waals surface area contributed by atoms with Gasteiger partial charge in [0.15, 0.2) is 17.5 Å². The topological polar surface area (TPSA) is 48.5 Å². The van der Waals surface area contributed by atoms with E-state index >= 15 is 0 Å². The van der Waals surface area contributed by atoms with Gasteiger partial charge < -0.3 is 9.13 Å². The summed E-state index contributed by atoms with van der Waals surface area (Å²) in [4.78, 5) is 17.6. The number of nitrogens with zero attached hydrogens (tertiary/aromatic N) is 5. The number of benzene rings is 13. The first-order chi connectivity index (χ1) is 49.6. The normalized spacial score (nSPS) is 12.8. The summed E-state index contributed by atoms with van der Waals surface area (Å²) < 4.78 is 5.38. The van der Waals surface area contributed by atoms with Gasteiger partial charge in [-0.2, -0.15) is 0 Å². The Labute approximate surface area is 605 Å². The molecule has 498 valence electrons. The van der Waals surface area contributed by atoms with E-state index in [1.54, 1.807) is 0 Å². The fourth-order valence-electron chi connectivity index (χ4n) is 16.7. The Kier molecular flexibility index (Phi) is 14.6. The minimum atomic E-state index is -0.236. The van der Waals surface area contributed by atoms with E-state index in [4.69, 9.17) is 15.0 Å². The van der Waals surface area contributed by atoms with Crippen molar-refractivity contribution in [3.05, 3.63) is 301 Å². The molecule has 0 radical (unpaired) electrons.